The predicted octanol–water partition coefficient (Wildman–Crippen LogP) is 3.43. The van der Waals surface area contributed by atoms with Crippen LogP contribution in [0.1, 0.15) is 63.6 Å². The standard InChI is InChI=1S/C33H44N4O7/c1-7-19(2)30(33(41)34-14-16-37-15-8-9-28(37)40)36-25-13-11-22-23(18-26(25)39)24(35-20(3)38)12-10-21-17-27(42-4)31(43-5)32(44-6)29(21)22/h11,13,17-19,24,30H,7-10,12,14-16H2,1-6H3,(H,34,41)(H,35,38)(H,36,39). The van der Waals surface area contributed by atoms with Crippen LogP contribution in [0.5, 0.6) is 17.2 Å². The Bertz CT molecular complexity index is 1460. The van der Waals surface area contributed by atoms with Crippen molar-refractivity contribution in [3.05, 3.63) is 45.6 Å². The Morgan fingerprint density at radius 3 is 2.41 bits per heavy atom. The third-order valence-electron chi connectivity index (χ3n) is 8.57. The highest BCUT2D eigenvalue weighted by atomic mass is 16.5. The number of fused-ring (bicyclic) bond motifs is 3. The number of hydrogen-bond acceptors (Lipinski definition) is 8. The van der Waals surface area contributed by atoms with Crippen LogP contribution in [0.25, 0.3) is 11.1 Å². The minimum absolute atomic E-state index is 0.0872. The average Bonchev–Trinajstić information content (AvgIpc) is 3.27. The van der Waals surface area contributed by atoms with Gasteiger partial charge >= 0.3 is 0 Å². The van der Waals surface area contributed by atoms with Crippen molar-refractivity contribution in [3.63, 3.8) is 0 Å². The lowest BCUT2D eigenvalue weighted by Crippen LogP contribution is -2.46. The van der Waals surface area contributed by atoms with Crippen LogP contribution in [-0.4, -0.2) is 69.6 Å². The first-order valence-electron chi connectivity index (χ1n) is 15.2. The molecule has 3 amide bonds. The largest absolute Gasteiger partial charge is 0.493 e. The Hall–Kier alpha value is -4.28. The lowest BCUT2D eigenvalue weighted by atomic mass is 9.95. The second kappa shape index (κ2) is 14.5. The topological polar surface area (TPSA) is 135 Å². The fourth-order valence-electron chi connectivity index (χ4n) is 6.06. The summed E-state index contributed by atoms with van der Waals surface area (Å²) in [7, 11) is 4.65. The molecular weight excluding hydrogens is 564 g/mol. The van der Waals surface area contributed by atoms with Crippen LogP contribution in [0.15, 0.2) is 29.1 Å². The van der Waals surface area contributed by atoms with Gasteiger partial charge < -0.3 is 35.1 Å². The number of anilines is 1. The molecule has 1 heterocycles. The maximum absolute atomic E-state index is 13.8. The molecule has 238 valence electrons. The van der Waals surface area contributed by atoms with Crippen LogP contribution in [0.3, 0.4) is 0 Å². The van der Waals surface area contributed by atoms with E-state index in [-0.39, 0.29) is 34.8 Å². The first-order chi connectivity index (χ1) is 21.1. The molecule has 2 aliphatic rings. The molecule has 2 aromatic carbocycles. The predicted molar refractivity (Wildman–Crippen MR) is 168 cm³/mol. The molecule has 3 N–H and O–H groups in total. The molecule has 0 bridgehead atoms. The Morgan fingerprint density at radius 2 is 1.80 bits per heavy atom. The minimum atomic E-state index is -0.679. The van der Waals surface area contributed by atoms with Crippen molar-refractivity contribution < 1.29 is 28.6 Å². The van der Waals surface area contributed by atoms with E-state index in [1.165, 1.54) is 20.1 Å². The normalized spacial score (nSPS) is 17.0. The number of hydrogen-bond donors (Lipinski definition) is 3. The van der Waals surface area contributed by atoms with Crippen LogP contribution in [0.2, 0.25) is 0 Å². The number of ether oxygens (including phenoxy) is 3. The maximum atomic E-state index is 13.8. The van der Waals surface area contributed by atoms with Crippen LogP contribution in [-0.2, 0) is 20.8 Å². The minimum Gasteiger partial charge on any atom is -0.493 e. The van der Waals surface area contributed by atoms with Crippen LogP contribution in [0.4, 0.5) is 5.69 Å². The molecule has 44 heavy (non-hydrogen) atoms. The van der Waals surface area contributed by atoms with Crippen molar-refractivity contribution in [1.82, 2.24) is 15.5 Å². The molecule has 11 nitrogen and oxygen atoms in total. The van der Waals surface area contributed by atoms with Crippen molar-refractivity contribution in [2.24, 2.45) is 5.92 Å². The van der Waals surface area contributed by atoms with Crippen LogP contribution < -0.4 is 35.6 Å². The molecule has 3 unspecified atom stereocenters. The van der Waals surface area contributed by atoms with E-state index in [1.807, 2.05) is 26.0 Å². The number of amides is 3. The Kier molecular flexibility index (Phi) is 10.7. The SMILES string of the molecule is CCC(C)C(Nc1ccc2c(cc1=O)C(NC(C)=O)CCc1cc(OC)c(OC)c(OC)c1-2)C(=O)NCCN1CCCC1=O. The van der Waals surface area contributed by atoms with Crippen molar-refractivity contribution in [2.75, 3.05) is 46.3 Å². The highest BCUT2D eigenvalue weighted by Crippen LogP contribution is 2.50. The van der Waals surface area contributed by atoms with Crippen molar-refractivity contribution in [3.8, 4) is 28.4 Å². The second-order valence-corrected chi connectivity index (χ2v) is 11.4. The lowest BCUT2D eigenvalue weighted by molar-refractivity contribution is -0.128. The molecular formula is C33H44N4O7. The number of carbonyl (C=O) groups excluding carboxylic acids is 3. The van der Waals surface area contributed by atoms with E-state index in [1.54, 1.807) is 25.2 Å². The zero-order valence-corrected chi connectivity index (χ0v) is 26.5. The number of likely N-dealkylation sites (tertiary alicyclic amines) is 1. The van der Waals surface area contributed by atoms with Gasteiger partial charge in [-0.25, -0.2) is 0 Å². The van der Waals surface area contributed by atoms with E-state index < -0.39 is 12.1 Å². The number of nitrogens with zero attached hydrogens (tertiary/aromatic N) is 1. The van der Waals surface area contributed by atoms with Gasteiger partial charge in [-0.2, -0.15) is 0 Å². The van der Waals surface area contributed by atoms with Crippen molar-refractivity contribution >= 4 is 23.4 Å². The average molecular weight is 609 g/mol. The highest BCUT2D eigenvalue weighted by Gasteiger charge is 2.30. The number of methoxy groups -OCH3 is 3. The monoisotopic (exact) mass is 608 g/mol. The van der Waals surface area contributed by atoms with E-state index in [0.29, 0.717) is 73.7 Å². The number of aryl methyl sites for hydroxylation is 1. The van der Waals surface area contributed by atoms with Gasteiger partial charge in [0.2, 0.25) is 28.9 Å². The summed E-state index contributed by atoms with van der Waals surface area (Å²) in [5, 5.41) is 9.18. The van der Waals surface area contributed by atoms with Gasteiger partial charge in [-0.15, -0.1) is 0 Å². The molecule has 0 spiro atoms. The van der Waals surface area contributed by atoms with E-state index in [2.05, 4.69) is 16.0 Å². The zero-order valence-electron chi connectivity index (χ0n) is 26.5. The van der Waals surface area contributed by atoms with Gasteiger partial charge in [0.15, 0.2) is 11.5 Å². The molecule has 2 aromatic rings. The maximum Gasteiger partial charge on any atom is 0.242 e. The molecule has 1 aliphatic carbocycles. The summed E-state index contributed by atoms with van der Waals surface area (Å²) in [5.74, 6) is 0.980. The Morgan fingerprint density at radius 1 is 1.05 bits per heavy atom. The molecule has 11 heteroatoms. The summed E-state index contributed by atoms with van der Waals surface area (Å²) in [6, 6.07) is 5.83. The molecule has 1 fully saturated rings. The van der Waals surface area contributed by atoms with Gasteiger partial charge in [0.1, 0.15) is 6.04 Å². The van der Waals surface area contributed by atoms with Gasteiger partial charge in [0.05, 0.1) is 33.1 Å². The number of nitrogens with one attached hydrogen (secondary N) is 3. The lowest BCUT2D eigenvalue weighted by Gasteiger charge is -2.24. The van der Waals surface area contributed by atoms with E-state index in [4.69, 9.17) is 14.2 Å². The van der Waals surface area contributed by atoms with Gasteiger partial charge in [-0.3, -0.25) is 19.2 Å². The number of carbonyl (C=O) groups is 3. The first kappa shape index (κ1) is 32.6. The van der Waals surface area contributed by atoms with Crippen LogP contribution in [0, 0.1) is 5.92 Å². The molecule has 1 aliphatic heterocycles. The number of benzene rings is 1. The van der Waals surface area contributed by atoms with Gasteiger partial charge in [0.25, 0.3) is 0 Å². The molecule has 0 radical (unpaired) electrons. The van der Waals surface area contributed by atoms with E-state index in [0.717, 1.165) is 17.5 Å². The summed E-state index contributed by atoms with van der Waals surface area (Å²) < 4.78 is 17.1. The molecule has 0 aromatic heterocycles. The molecule has 3 atom stereocenters. The third-order valence-corrected chi connectivity index (χ3v) is 8.57. The van der Waals surface area contributed by atoms with Gasteiger partial charge in [0, 0.05) is 38.5 Å². The molecule has 4 rings (SSSR count). The van der Waals surface area contributed by atoms with E-state index >= 15 is 0 Å². The Labute approximate surface area is 258 Å². The zero-order chi connectivity index (χ0) is 32.0. The van der Waals surface area contributed by atoms with Gasteiger partial charge in [-0.05, 0) is 60.1 Å². The van der Waals surface area contributed by atoms with Crippen LogP contribution >= 0.6 is 0 Å². The van der Waals surface area contributed by atoms with E-state index in [9.17, 15) is 19.2 Å². The molecule has 1 saturated heterocycles. The fraction of sp³-hybridized carbons (Fsp3) is 0.515. The fourth-order valence-corrected chi connectivity index (χ4v) is 6.06. The summed E-state index contributed by atoms with van der Waals surface area (Å²) >= 11 is 0. The molecule has 0 saturated carbocycles. The summed E-state index contributed by atoms with van der Waals surface area (Å²) in [5.41, 5.74) is 2.97. The summed E-state index contributed by atoms with van der Waals surface area (Å²) in [6.07, 6.45) is 3.22. The summed E-state index contributed by atoms with van der Waals surface area (Å²) in [6.45, 7) is 6.89. The van der Waals surface area contributed by atoms with Crippen molar-refractivity contribution in [2.45, 2.75) is 65.0 Å². The second-order valence-electron chi connectivity index (χ2n) is 11.4. The third kappa shape index (κ3) is 6.92. The number of rotatable bonds is 12. The summed E-state index contributed by atoms with van der Waals surface area (Å²) in [4.78, 5) is 53.1. The quantitative estimate of drug-likeness (QED) is 0.334. The van der Waals surface area contributed by atoms with Crippen molar-refractivity contribution in [1.29, 1.82) is 0 Å². The first-order valence-corrected chi connectivity index (χ1v) is 15.2. The smallest absolute Gasteiger partial charge is 0.242 e. The highest BCUT2D eigenvalue weighted by molar-refractivity contribution is 5.86. The Balaban J connectivity index is 1.76. The van der Waals surface area contributed by atoms with Gasteiger partial charge in [-0.1, -0.05) is 26.3 Å².